The lowest BCUT2D eigenvalue weighted by Crippen LogP contribution is -2.30. The Morgan fingerprint density at radius 1 is 1.15 bits per heavy atom. The highest BCUT2D eigenvalue weighted by Gasteiger charge is 2.51. The summed E-state index contributed by atoms with van der Waals surface area (Å²) in [7, 11) is -3.58. The first kappa shape index (κ1) is 20.9. The van der Waals surface area contributed by atoms with Crippen molar-refractivity contribution in [2.75, 3.05) is 0 Å². The summed E-state index contributed by atoms with van der Waals surface area (Å²) < 4.78 is 14.2. The molecule has 0 saturated heterocycles. The average molecular weight is 378 g/mol. The molecule has 1 saturated carbocycles. The van der Waals surface area contributed by atoms with Crippen molar-refractivity contribution < 1.29 is 19.3 Å². The van der Waals surface area contributed by atoms with Crippen LogP contribution in [0.5, 0.6) is 0 Å². The second-order valence-electron chi connectivity index (χ2n) is 7.72. The van der Waals surface area contributed by atoms with E-state index in [1.54, 1.807) is 0 Å². The standard InChI is InChI=1S/C21H31O4P/c1-5-6-11-18(20(22)23)26(25,17-9-7-8-10-17)21(24)19-15(3)12-14(2)13-16(19)4/h12-13,17-18H,5-11H2,1-4H3,(H,22,23). The van der Waals surface area contributed by atoms with Crippen molar-refractivity contribution in [3.8, 4) is 0 Å². The lowest BCUT2D eigenvalue weighted by molar-refractivity contribution is -0.136. The van der Waals surface area contributed by atoms with Gasteiger partial charge in [-0.1, -0.05) is 50.3 Å². The van der Waals surface area contributed by atoms with Gasteiger partial charge in [0, 0.05) is 11.2 Å². The zero-order chi connectivity index (χ0) is 19.5. The Hall–Kier alpha value is -1.41. The van der Waals surface area contributed by atoms with Gasteiger partial charge in [-0.05, 0) is 51.2 Å². The van der Waals surface area contributed by atoms with E-state index in [0.29, 0.717) is 31.2 Å². The molecule has 2 atom stereocenters. The van der Waals surface area contributed by atoms with Crippen LogP contribution in [0.1, 0.15) is 78.9 Å². The maximum atomic E-state index is 14.2. The summed E-state index contributed by atoms with van der Waals surface area (Å²) in [5.74, 6) is -1.08. The summed E-state index contributed by atoms with van der Waals surface area (Å²) >= 11 is 0. The first-order valence-corrected chi connectivity index (χ1v) is 11.5. The van der Waals surface area contributed by atoms with Crippen molar-refractivity contribution in [1.82, 2.24) is 0 Å². The van der Waals surface area contributed by atoms with Gasteiger partial charge >= 0.3 is 5.97 Å². The normalized spacial score (nSPS) is 18.5. The van der Waals surface area contributed by atoms with E-state index in [1.165, 1.54) is 0 Å². The zero-order valence-electron chi connectivity index (χ0n) is 16.4. The van der Waals surface area contributed by atoms with Crippen LogP contribution in [0.4, 0.5) is 0 Å². The van der Waals surface area contributed by atoms with Gasteiger partial charge in [-0.2, -0.15) is 0 Å². The Balaban J connectivity index is 2.59. The molecule has 1 N–H and O–H groups in total. The first-order valence-electron chi connectivity index (χ1n) is 9.68. The topological polar surface area (TPSA) is 71.4 Å². The van der Waals surface area contributed by atoms with Gasteiger partial charge in [0.2, 0.25) is 5.52 Å². The van der Waals surface area contributed by atoms with Crippen molar-refractivity contribution in [2.45, 2.75) is 84.0 Å². The van der Waals surface area contributed by atoms with E-state index in [1.807, 2.05) is 39.8 Å². The molecule has 0 radical (unpaired) electrons. The number of carboxylic acids is 1. The highest BCUT2D eigenvalue weighted by atomic mass is 31.2. The number of benzene rings is 1. The van der Waals surface area contributed by atoms with Gasteiger partial charge in [0.15, 0.2) is 7.14 Å². The summed E-state index contributed by atoms with van der Waals surface area (Å²) in [4.78, 5) is 25.6. The number of carboxylic acid groups (broad SMARTS) is 1. The summed E-state index contributed by atoms with van der Waals surface area (Å²) in [5.41, 5.74) is 1.38. The molecule has 144 valence electrons. The molecule has 26 heavy (non-hydrogen) atoms. The monoisotopic (exact) mass is 378 g/mol. The van der Waals surface area contributed by atoms with Gasteiger partial charge in [0.05, 0.1) is 0 Å². The quantitative estimate of drug-likeness (QED) is 0.589. The van der Waals surface area contributed by atoms with E-state index in [4.69, 9.17) is 0 Å². The molecule has 1 aliphatic rings. The molecule has 5 heteroatoms. The Labute approximate surface area is 156 Å². The molecule has 2 rings (SSSR count). The molecular weight excluding hydrogens is 347 g/mol. The third kappa shape index (κ3) is 3.96. The molecule has 0 spiro atoms. The smallest absolute Gasteiger partial charge is 0.314 e. The van der Waals surface area contributed by atoms with Crippen LogP contribution in [0.15, 0.2) is 12.1 Å². The van der Waals surface area contributed by atoms with Crippen molar-refractivity contribution in [3.05, 3.63) is 34.4 Å². The summed E-state index contributed by atoms with van der Waals surface area (Å²) in [5, 5.41) is 9.85. The second kappa shape index (κ2) is 8.52. The van der Waals surface area contributed by atoms with Gasteiger partial charge in [-0.25, -0.2) is 0 Å². The molecule has 0 bridgehead atoms. The van der Waals surface area contributed by atoms with Crippen LogP contribution in [-0.2, 0) is 9.36 Å². The number of aryl methyl sites for hydroxylation is 3. The third-order valence-electron chi connectivity index (χ3n) is 5.65. The maximum Gasteiger partial charge on any atom is 0.314 e. The molecule has 1 aliphatic carbocycles. The molecule has 2 unspecified atom stereocenters. The lowest BCUT2D eigenvalue weighted by atomic mass is 10.0. The molecule has 1 fully saturated rings. The Morgan fingerprint density at radius 2 is 1.69 bits per heavy atom. The number of unbranched alkanes of at least 4 members (excludes halogenated alkanes) is 1. The zero-order valence-corrected chi connectivity index (χ0v) is 17.3. The minimum Gasteiger partial charge on any atom is -0.481 e. The van der Waals surface area contributed by atoms with Gasteiger partial charge in [-0.15, -0.1) is 0 Å². The number of rotatable bonds is 8. The van der Waals surface area contributed by atoms with Crippen LogP contribution in [0.25, 0.3) is 0 Å². The molecular formula is C21H31O4P. The van der Waals surface area contributed by atoms with Crippen LogP contribution in [0.2, 0.25) is 0 Å². The first-order chi connectivity index (χ1) is 12.2. The Kier molecular flexibility index (Phi) is 6.85. The molecule has 1 aromatic rings. The number of carbonyl (C=O) groups is 2. The molecule has 0 aliphatic heterocycles. The van der Waals surface area contributed by atoms with Crippen molar-refractivity contribution in [3.63, 3.8) is 0 Å². The van der Waals surface area contributed by atoms with E-state index in [-0.39, 0.29) is 5.66 Å². The van der Waals surface area contributed by atoms with Crippen LogP contribution in [0.3, 0.4) is 0 Å². The Morgan fingerprint density at radius 3 is 2.15 bits per heavy atom. The number of hydrogen-bond donors (Lipinski definition) is 1. The lowest BCUT2D eigenvalue weighted by Gasteiger charge is -2.30. The number of aliphatic carboxylic acids is 1. The largest absolute Gasteiger partial charge is 0.481 e. The fraction of sp³-hybridized carbons (Fsp3) is 0.619. The summed E-state index contributed by atoms with van der Waals surface area (Å²) in [6.07, 6.45) is 5.06. The van der Waals surface area contributed by atoms with E-state index in [2.05, 4.69) is 0 Å². The summed E-state index contributed by atoms with van der Waals surface area (Å²) in [6, 6.07) is 3.84. The van der Waals surface area contributed by atoms with Crippen molar-refractivity contribution >= 4 is 18.6 Å². The maximum absolute atomic E-state index is 14.2. The second-order valence-corrected chi connectivity index (χ2v) is 10.9. The van der Waals surface area contributed by atoms with Crippen molar-refractivity contribution in [1.29, 1.82) is 0 Å². The minimum atomic E-state index is -3.58. The molecule has 4 nitrogen and oxygen atoms in total. The van der Waals surface area contributed by atoms with Crippen LogP contribution in [-0.4, -0.2) is 27.9 Å². The van der Waals surface area contributed by atoms with Crippen LogP contribution < -0.4 is 0 Å². The summed E-state index contributed by atoms with van der Waals surface area (Å²) in [6.45, 7) is 7.66. The van der Waals surface area contributed by atoms with E-state index in [9.17, 15) is 19.3 Å². The average Bonchev–Trinajstić information content (AvgIpc) is 3.08. The Bertz CT molecular complexity index is 709. The van der Waals surface area contributed by atoms with Gasteiger partial charge < -0.3 is 9.67 Å². The highest BCUT2D eigenvalue weighted by molar-refractivity contribution is 7.83. The van der Waals surface area contributed by atoms with Crippen LogP contribution in [0, 0.1) is 20.8 Å². The highest BCUT2D eigenvalue weighted by Crippen LogP contribution is 2.63. The van der Waals surface area contributed by atoms with E-state index < -0.39 is 24.3 Å². The van der Waals surface area contributed by atoms with Gasteiger partial charge in [0.25, 0.3) is 0 Å². The molecule has 0 heterocycles. The number of hydrogen-bond acceptors (Lipinski definition) is 3. The van der Waals surface area contributed by atoms with E-state index in [0.717, 1.165) is 36.0 Å². The van der Waals surface area contributed by atoms with E-state index >= 15 is 0 Å². The fourth-order valence-electron chi connectivity index (χ4n) is 4.42. The van der Waals surface area contributed by atoms with Gasteiger partial charge in [0.1, 0.15) is 5.66 Å². The molecule has 0 amide bonds. The SMILES string of the molecule is CCCCC(C(=O)O)P(=O)(C(=O)c1c(C)cc(C)cc1C)C1CCCC1. The third-order valence-corrected chi connectivity index (χ3v) is 9.52. The predicted octanol–water partition coefficient (Wildman–Crippen LogP) is 5.70. The number of carbonyl (C=O) groups excluding carboxylic acids is 1. The van der Waals surface area contributed by atoms with Crippen LogP contribution >= 0.6 is 7.14 Å². The minimum absolute atomic E-state index is 0.284. The predicted molar refractivity (Wildman–Crippen MR) is 106 cm³/mol. The molecule has 0 aromatic heterocycles. The molecule has 1 aromatic carbocycles. The fourth-order valence-corrected chi connectivity index (χ4v) is 8.27. The van der Waals surface area contributed by atoms with Crippen molar-refractivity contribution in [2.24, 2.45) is 0 Å². The van der Waals surface area contributed by atoms with Gasteiger partial charge in [-0.3, -0.25) is 9.59 Å².